The van der Waals surface area contributed by atoms with E-state index in [1.54, 1.807) is 16.2 Å². The smallest absolute Gasteiger partial charge is 0.317 e. The monoisotopic (exact) mass is 337 g/mol. The van der Waals surface area contributed by atoms with Gasteiger partial charge in [-0.2, -0.15) is 0 Å². The number of carbonyl (C=O) groups is 1. The normalized spacial score (nSPS) is 26.2. The van der Waals surface area contributed by atoms with Gasteiger partial charge >= 0.3 is 6.03 Å². The van der Waals surface area contributed by atoms with Crippen molar-refractivity contribution in [3.8, 4) is 0 Å². The van der Waals surface area contributed by atoms with Gasteiger partial charge in [-0.15, -0.1) is 11.3 Å². The van der Waals surface area contributed by atoms with Gasteiger partial charge in [0.15, 0.2) is 0 Å². The summed E-state index contributed by atoms with van der Waals surface area (Å²) in [4.78, 5) is 18.6. The van der Waals surface area contributed by atoms with E-state index >= 15 is 0 Å². The molecule has 1 heterocycles. The van der Waals surface area contributed by atoms with Crippen LogP contribution in [-0.4, -0.2) is 48.3 Å². The molecule has 2 saturated carbocycles. The highest BCUT2D eigenvalue weighted by atomic mass is 32.1. The highest BCUT2D eigenvalue weighted by molar-refractivity contribution is 7.09. The number of carbonyl (C=O) groups excluding carboxylic acids is 1. The molecule has 0 aromatic carbocycles. The minimum Gasteiger partial charge on any atom is -0.378 e. The van der Waals surface area contributed by atoms with Crippen molar-refractivity contribution in [2.24, 2.45) is 5.41 Å². The molecule has 128 valence electrons. The summed E-state index contributed by atoms with van der Waals surface area (Å²) < 4.78 is 5.85. The molecule has 0 radical (unpaired) electrons. The molecule has 6 heteroatoms. The van der Waals surface area contributed by atoms with Crippen LogP contribution in [0.15, 0.2) is 11.6 Å². The van der Waals surface area contributed by atoms with Gasteiger partial charge < -0.3 is 15.0 Å². The molecule has 3 atom stereocenters. The van der Waals surface area contributed by atoms with Crippen LogP contribution < -0.4 is 5.32 Å². The lowest BCUT2D eigenvalue weighted by Gasteiger charge is -2.61. The standard InChI is InChI=1S/C17H27N3O2S/c1-4-22-14-10-13(17(14)6-5-7-17)19-16(21)20(3)11-12(2)15-18-8-9-23-15/h8-9,12-14H,4-7,10-11H2,1-3H3,(H,19,21)/t12-,13-,14-/m1/s1. The van der Waals surface area contributed by atoms with Gasteiger partial charge in [-0.05, 0) is 26.2 Å². The lowest BCUT2D eigenvalue weighted by molar-refractivity contribution is -0.169. The Bertz CT molecular complexity index is 530. The molecule has 1 aromatic heterocycles. The molecule has 2 fully saturated rings. The van der Waals surface area contributed by atoms with Crippen LogP contribution in [0.2, 0.25) is 0 Å². The number of likely N-dealkylation sites (N-methyl/N-ethyl adjacent to an activating group) is 1. The van der Waals surface area contributed by atoms with Gasteiger partial charge in [0.1, 0.15) is 0 Å². The molecule has 2 amide bonds. The van der Waals surface area contributed by atoms with Gasteiger partial charge in [-0.25, -0.2) is 9.78 Å². The first-order chi connectivity index (χ1) is 11.1. The van der Waals surface area contributed by atoms with Crippen molar-refractivity contribution in [2.45, 2.75) is 57.6 Å². The van der Waals surface area contributed by atoms with Gasteiger partial charge in [0.05, 0.1) is 11.1 Å². The fraction of sp³-hybridized carbons (Fsp3) is 0.765. The Balaban J connectivity index is 1.51. The van der Waals surface area contributed by atoms with E-state index in [1.807, 2.05) is 25.5 Å². The number of aromatic nitrogens is 1. The summed E-state index contributed by atoms with van der Waals surface area (Å²) in [5, 5.41) is 6.30. The van der Waals surface area contributed by atoms with Crippen molar-refractivity contribution < 1.29 is 9.53 Å². The Kier molecular flexibility index (Phi) is 4.92. The van der Waals surface area contributed by atoms with Crippen molar-refractivity contribution in [1.29, 1.82) is 0 Å². The zero-order valence-electron chi connectivity index (χ0n) is 14.2. The maximum Gasteiger partial charge on any atom is 0.317 e. The van der Waals surface area contributed by atoms with E-state index < -0.39 is 0 Å². The van der Waals surface area contributed by atoms with E-state index in [9.17, 15) is 4.79 Å². The van der Waals surface area contributed by atoms with Crippen molar-refractivity contribution in [3.63, 3.8) is 0 Å². The van der Waals surface area contributed by atoms with Gasteiger partial charge in [0, 0.05) is 49.2 Å². The fourth-order valence-electron chi connectivity index (χ4n) is 3.95. The van der Waals surface area contributed by atoms with E-state index in [4.69, 9.17) is 4.74 Å². The molecule has 0 bridgehead atoms. The molecular weight excluding hydrogens is 310 g/mol. The first kappa shape index (κ1) is 16.7. The van der Waals surface area contributed by atoms with Gasteiger partial charge in [0.2, 0.25) is 0 Å². The first-order valence-electron chi connectivity index (χ1n) is 8.59. The first-order valence-corrected chi connectivity index (χ1v) is 9.47. The van der Waals surface area contributed by atoms with Crippen molar-refractivity contribution >= 4 is 17.4 Å². The number of thiazole rings is 1. The molecule has 2 aliphatic carbocycles. The Morgan fingerprint density at radius 1 is 1.61 bits per heavy atom. The van der Waals surface area contributed by atoms with Gasteiger partial charge in [-0.1, -0.05) is 13.3 Å². The van der Waals surface area contributed by atoms with E-state index in [1.165, 1.54) is 19.3 Å². The van der Waals surface area contributed by atoms with Crippen LogP contribution in [0.25, 0.3) is 0 Å². The number of hydrogen-bond donors (Lipinski definition) is 1. The maximum atomic E-state index is 12.5. The van der Waals surface area contributed by atoms with E-state index in [-0.39, 0.29) is 23.4 Å². The average Bonchev–Trinajstić information content (AvgIpc) is 2.98. The summed E-state index contributed by atoms with van der Waals surface area (Å²) in [6.45, 7) is 5.61. The zero-order chi connectivity index (χ0) is 16.4. The lowest BCUT2D eigenvalue weighted by Crippen LogP contribution is -2.68. The molecule has 5 nitrogen and oxygen atoms in total. The van der Waals surface area contributed by atoms with Crippen LogP contribution in [0.4, 0.5) is 4.79 Å². The Labute approximate surface area is 142 Å². The third-order valence-electron chi connectivity index (χ3n) is 5.50. The quantitative estimate of drug-likeness (QED) is 0.867. The van der Waals surface area contributed by atoms with Gasteiger partial charge in [-0.3, -0.25) is 0 Å². The second-order valence-electron chi connectivity index (χ2n) is 6.92. The fourth-order valence-corrected chi connectivity index (χ4v) is 4.64. The number of nitrogens with one attached hydrogen (secondary N) is 1. The van der Waals surface area contributed by atoms with Gasteiger partial charge in [0.25, 0.3) is 0 Å². The molecular formula is C17H27N3O2S. The second-order valence-corrected chi connectivity index (χ2v) is 7.85. The molecule has 0 aliphatic heterocycles. The molecule has 1 N–H and O–H groups in total. The summed E-state index contributed by atoms with van der Waals surface area (Å²) in [5.74, 6) is 0.265. The summed E-state index contributed by atoms with van der Waals surface area (Å²) in [7, 11) is 1.87. The van der Waals surface area contributed by atoms with E-state index in [0.717, 1.165) is 18.0 Å². The SMILES string of the molecule is CCO[C@@H]1C[C@@H](NC(=O)N(C)C[C@@H](C)c2nccs2)C12CCC2. The Hall–Kier alpha value is -1.14. The molecule has 0 saturated heterocycles. The zero-order valence-corrected chi connectivity index (χ0v) is 15.1. The summed E-state index contributed by atoms with van der Waals surface area (Å²) in [5.41, 5.74) is 0.216. The predicted molar refractivity (Wildman–Crippen MR) is 91.8 cm³/mol. The Morgan fingerprint density at radius 3 is 2.96 bits per heavy atom. The third-order valence-corrected chi connectivity index (χ3v) is 6.51. The molecule has 3 rings (SSSR count). The summed E-state index contributed by atoms with van der Waals surface area (Å²) in [6.07, 6.45) is 6.73. The number of urea groups is 1. The second kappa shape index (κ2) is 6.77. The summed E-state index contributed by atoms with van der Waals surface area (Å²) in [6, 6.07) is 0.303. The van der Waals surface area contributed by atoms with Crippen LogP contribution >= 0.6 is 11.3 Å². The van der Waals surface area contributed by atoms with Crippen molar-refractivity contribution in [1.82, 2.24) is 15.2 Å². The van der Waals surface area contributed by atoms with Crippen molar-refractivity contribution in [2.75, 3.05) is 20.2 Å². The number of rotatable bonds is 6. The highest BCUT2D eigenvalue weighted by Crippen LogP contribution is 2.57. The maximum absolute atomic E-state index is 12.5. The number of ether oxygens (including phenoxy) is 1. The average molecular weight is 337 g/mol. The van der Waals surface area contributed by atoms with Crippen LogP contribution in [0.3, 0.4) is 0 Å². The largest absolute Gasteiger partial charge is 0.378 e. The minimum atomic E-state index is 0.0274. The highest BCUT2D eigenvalue weighted by Gasteiger charge is 2.59. The third kappa shape index (κ3) is 3.11. The van der Waals surface area contributed by atoms with Crippen LogP contribution in [-0.2, 0) is 4.74 Å². The lowest BCUT2D eigenvalue weighted by atomic mass is 9.51. The van der Waals surface area contributed by atoms with E-state index in [0.29, 0.717) is 12.6 Å². The van der Waals surface area contributed by atoms with Crippen molar-refractivity contribution in [3.05, 3.63) is 16.6 Å². The van der Waals surface area contributed by atoms with E-state index in [2.05, 4.69) is 17.2 Å². The molecule has 0 unspecified atom stereocenters. The van der Waals surface area contributed by atoms with Crippen LogP contribution in [0.5, 0.6) is 0 Å². The number of amides is 2. The predicted octanol–water partition coefficient (Wildman–Crippen LogP) is 3.24. The molecule has 2 aliphatic rings. The number of hydrogen-bond acceptors (Lipinski definition) is 4. The minimum absolute atomic E-state index is 0.0274. The molecule has 23 heavy (non-hydrogen) atoms. The molecule has 1 spiro atoms. The molecule has 1 aromatic rings. The Morgan fingerprint density at radius 2 is 2.39 bits per heavy atom. The topological polar surface area (TPSA) is 54.5 Å². The number of nitrogens with zero attached hydrogens (tertiary/aromatic N) is 2. The van der Waals surface area contributed by atoms with Crippen LogP contribution in [0, 0.1) is 5.41 Å². The van der Waals surface area contributed by atoms with Crippen LogP contribution in [0.1, 0.15) is 50.5 Å². The summed E-state index contributed by atoms with van der Waals surface area (Å²) >= 11 is 1.65.